The third-order valence-electron chi connectivity index (χ3n) is 3.35. The van der Waals surface area contributed by atoms with Gasteiger partial charge in [-0.15, -0.1) is 0 Å². The number of hydrogen-bond acceptors (Lipinski definition) is 3. The largest absolute Gasteiger partial charge is 0.316 e. The van der Waals surface area contributed by atoms with Gasteiger partial charge in [-0.2, -0.15) is 0 Å². The average Bonchev–Trinajstić information content (AvgIpc) is 2.28. The Kier molecular flexibility index (Phi) is 10.6. The lowest BCUT2D eigenvalue weighted by Crippen LogP contribution is -2.41. The molecular weight excluding hydrogens is 234 g/mol. The van der Waals surface area contributed by atoms with Crippen LogP contribution in [-0.4, -0.2) is 62.7 Å². The van der Waals surface area contributed by atoms with Crippen LogP contribution in [0, 0.1) is 11.8 Å². The van der Waals surface area contributed by atoms with E-state index in [0.717, 1.165) is 31.5 Å². The van der Waals surface area contributed by atoms with Crippen molar-refractivity contribution in [2.45, 2.75) is 47.1 Å². The van der Waals surface area contributed by atoms with E-state index in [2.05, 4.69) is 63.8 Å². The van der Waals surface area contributed by atoms with Gasteiger partial charge in [-0.3, -0.25) is 4.90 Å². The van der Waals surface area contributed by atoms with Crippen LogP contribution < -0.4 is 5.32 Å². The van der Waals surface area contributed by atoms with Crippen molar-refractivity contribution >= 4 is 0 Å². The first-order chi connectivity index (χ1) is 8.82. The maximum absolute atomic E-state index is 3.55. The van der Waals surface area contributed by atoms with Crippen molar-refractivity contribution in [3.05, 3.63) is 0 Å². The van der Waals surface area contributed by atoms with E-state index in [1.807, 2.05) is 0 Å². The highest BCUT2D eigenvalue weighted by Crippen LogP contribution is 2.07. The third-order valence-corrected chi connectivity index (χ3v) is 3.35. The lowest BCUT2D eigenvalue weighted by molar-refractivity contribution is 0.162. The predicted octanol–water partition coefficient (Wildman–Crippen LogP) is 2.53. The summed E-state index contributed by atoms with van der Waals surface area (Å²) < 4.78 is 0. The molecule has 1 atom stereocenters. The van der Waals surface area contributed by atoms with Gasteiger partial charge in [0.15, 0.2) is 0 Å². The van der Waals surface area contributed by atoms with E-state index in [4.69, 9.17) is 0 Å². The minimum absolute atomic E-state index is 0.669. The Hall–Kier alpha value is -0.120. The maximum atomic E-state index is 3.55. The summed E-state index contributed by atoms with van der Waals surface area (Å²) in [7, 11) is 4.31. The zero-order valence-electron chi connectivity index (χ0n) is 14.4. The molecule has 0 spiro atoms. The van der Waals surface area contributed by atoms with Gasteiger partial charge in [-0.05, 0) is 52.4 Å². The van der Waals surface area contributed by atoms with Crippen molar-refractivity contribution in [1.29, 1.82) is 0 Å². The maximum Gasteiger partial charge on any atom is 0.0112 e. The fourth-order valence-corrected chi connectivity index (χ4v) is 2.17. The minimum atomic E-state index is 0.669. The molecule has 0 aliphatic carbocycles. The van der Waals surface area contributed by atoms with E-state index in [9.17, 15) is 0 Å². The second-order valence-corrected chi connectivity index (χ2v) is 6.93. The summed E-state index contributed by atoms with van der Waals surface area (Å²) in [6.45, 7) is 17.3. The van der Waals surface area contributed by atoms with Gasteiger partial charge in [0.1, 0.15) is 0 Å². The van der Waals surface area contributed by atoms with E-state index < -0.39 is 0 Å². The molecule has 3 nitrogen and oxygen atoms in total. The highest BCUT2D eigenvalue weighted by atomic mass is 15.2. The van der Waals surface area contributed by atoms with Crippen LogP contribution in [0.5, 0.6) is 0 Å². The molecule has 0 amide bonds. The minimum Gasteiger partial charge on any atom is -0.316 e. The van der Waals surface area contributed by atoms with Gasteiger partial charge in [-0.1, -0.05) is 27.7 Å². The number of nitrogens with one attached hydrogen (secondary N) is 1. The van der Waals surface area contributed by atoms with Crippen LogP contribution in [0.1, 0.15) is 41.0 Å². The molecule has 0 heterocycles. The quantitative estimate of drug-likeness (QED) is 0.583. The van der Waals surface area contributed by atoms with Crippen molar-refractivity contribution < 1.29 is 0 Å². The summed E-state index contributed by atoms with van der Waals surface area (Å²) in [5, 5.41) is 3.55. The van der Waals surface area contributed by atoms with E-state index in [1.165, 1.54) is 19.5 Å². The van der Waals surface area contributed by atoms with Gasteiger partial charge >= 0.3 is 0 Å². The molecule has 0 aliphatic heterocycles. The molecule has 0 saturated carbocycles. The monoisotopic (exact) mass is 271 g/mol. The molecule has 19 heavy (non-hydrogen) atoms. The lowest BCUT2D eigenvalue weighted by Gasteiger charge is -2.31. The smallest absolute Gasteiger partial charge is 0.0112 e. The number of nitrogens with zero attached hydrogens (tertiary/aromatic N) is 2. The summed E-state index contributed by atoms with van der Waals surface area (Å²) in [6.07, 6.45) is 1.24. The molecule has 0 aliphatic rings. The second-order valence-electron chi connectivity index (χ2n) is 6.93. The van der Waals surface area contributed by atoms with Gasteiger partial charge in [-0.25, -0.2) is 0 Å². The topological polar surface area (TPSA) is 18.5 Å². The Balaban J connectivity index is 4.02. The molecule has 3 heteroatoms. The Bertz CT molecular complexity index is 202. The summed E-state index contributed by atoms with van der Waals surface area (Å²) in [5.74, 6) is 1.49. The molecular formula is C16H37N3. The molecule has 0 radical (unpaired) electrons. The third kappa shape index (κ3) is 11.4. The van der Waals surface area contributed by atoms with Crippen molar-refractivity contribution in [2.75, 3.05) is 46.8 Å². The first-order valence-electron chi connectivity index (χ1n) is 7.92. The summed E-state index contributed by atoms with van der Waals surface area (Å²) in [4.78, 5) is 4.92. The van der Waals surface area contributed by atoms with Crippen LogP contribution in [0.25, 0.3) is 0 Å². The highest BCUT2D eigenvalue weighted by molar-refractivity contribution is 4.71. The molecule has 0 saturated heterocycles. The molecule has 0 rings (SSSR count). The molecule has 116 valence electrons. The fraction of sp³-hybridized carbons (Fsp3) is 1.00. The fourth-order valence-electron chi connectivity index (χ4n) is 2.17. The van der Waals surface area contributed by atoms with Crippen LogP contribution in [0.15, 0.2) is 0 Å². The molecule has 0 bridgehead atoms. The van der Waals surface area contributed by atoms with Crippen molar-refractivity contribution in [3.8, 4) is 0 Å². The average molecular weight is 271 g/mol. The van der Waals surface area contributed by atoms with E-state index in [0.29, 0.717) is 6.04 Å². The van der Waals surface area contributed by atoms with E-state index in [-0.39, 0.29) is 0 Å². The van der Waals surface area contributed by atoms with Gasteiger partial charge < -0.3 is 10.2 Å². The highest BCUT2D eigenvalue weighted by Gasteiger charge is 2.14. The predicted molar refractivity (Wildman–Crippen MR) is 86.8 cm³/mol. The number of likely N-dealkylation sites (N-methyl/N-ethyl adjacent to an activating group) is 1. The number of hydrogen-bond donors (Lipinski definition) is 1. The van der Waals surface area contributed by atoms with Crippen molar-refractivity contribution in [1.82, 2.24) is 15.1 Å². The molecule has 0 aromatic heterocycles. The molecule has 0 aromatic carbocycles. The Morgan fingerprint density at radius 1 is 0.895 bits per heavy atom. The first-order valence-corrected chi connectivity index (χ1v) is 7.92. The summed E-state index contributed by atoms with van der Waals surface area (Å²) in [5.41, 5.74) is 0. The standard InChI is InChI=1S/C16H37N3/c1-14(2)12-17-9-8-16(5)19(13-15(3)4)11-10-18(6)7/h14-17H,8-13H2,1-7H3. The summed E-state index contributed by atoms with van der Waals surface area (Å²) in [6, 6.07) is 0.669. The first kappa shape index (κ1) is 18.9. The summed E-state index contributed by atoms with van der Waals surface area (Å²) >= 11 is 0. The SMILES string of the molecule is CC(C)CNCCC(C)N(CCN(C)C)CC(C)C. The molecule has 0 fully saturated rings. The zero-order chi connectivity index (χ0) is 14.8. The van der Waals surface area contributed by atoms with Gasteiger partial charge in [0.2, 0.25) is 0 Å². The molecule has 1 unspecified atom stereocenters. The van der Waals surface area contributed by atoms with Gasteiger partial charge in [0.25, 0.3) is 0 Å². The molecule has 0 aromatic rings. The Labute approximate surface area is 121 Å². The zero-order valence-corrected chi connectivity index (χ0v) is 14.4. The Morgan fingerprint density at radius 3 is 2.00 bits per heavy atom. The van der Waals surface area contributed by atoms with Crippen LogP contribution >= 0.6 is 0 Å². The van der Waals surface area contributed by atoms with Crippen molar-refractivity contribution in [2.24, 2.45) is 11.8 Å². The van der Waals surface area contributed by atoms with E-state index >= 15 is 0 Å². The second kappa shape index (κ2) is 10.6. The van der Waals surface area contributed by atoms with E-state index in [1.54, 1.807) is 0 Å². The van der Waals surface area contributed by atoms with Crippen LogP contribution in [-0.2, 0) is 0 Å². The lowest BCUT2D eigenvalue weighted by atomic mass is 10.1. The van der Waals surface area contributed by atoms with Gasteiger partial charge in [0.05, 0.1) is 0 Å². The normalized spacial score (nSPS) is 14.1. The van der Waals surface area contributed by atoms with Crippen LogP contribution in [0.2, 0.25) is 0 Å². The molecule has 1 N–H and O–H groups in total. The van der Waals surface area contributed by atoms with Crippen LogP contribution in [0.4, 0.5) is 0 Å². The van der Waals surface area contributed by atoms with Gasteiger partial charge in [0, 0.05) is 25.7 Å². The Morgan fingerprint density at radius 2 is 1.53 bits per heavy atom. The number of rotatable bonds is 11. The van der Waals surface area contributed by atoms with Crippen LogP contribution in [0.3, 0.4) is 0 Å². The van der Waals surface area contributed by atoms with Crippen molar-refractivity contribution in [3.63, 3.8) is 0 Å².